The van der Waals surface area contributed by atoms with Crippen LogP contribution in [-0.2, 0) is 11.2 Å². The molecule has 5 nitrogen and oxygen atoms in total. The van der Waals surface area contributed by atoms with Gasteiger partial charge in [-0.1, -0.05) is 23.2 Å². The van der Waals surface area contributed by atoms with Crippen molar-refractivity contribution in [1.29, 1.82) is 0 Å². The van der Waals surface area contributed by atoms with Crippen molar-refractivity contribution in [2.24, 2.45) is 0 Å². The molecule has 124 valence electrons. The third-order valence-corrected chi connectivity index (χ3v) is 4.82. The number of carbonyl (C=O) groups excluding carboxylic acids is 1. The zero-order valence-electron chi connectivity index (χ0n) is 12.9. The number of H-pyrrole nitrogens is 1. The van der Waals surface area contributed by atoms with Gasteiger partial charge in [0.05, 0.1) is 27.6 Å². The predicted octanol–water partition coefficient (Wildman–Crippen LogP) is 3.01. The van der Waals surface area contributed by atoms with Gasteiger partial charge in [-0.25, -0.2) is 0 Å². The number of rotatable bonds is 3. The van der Waals surface area contributed by atoms with Crippen LogP contribution >= 0.6 is 23.2 Å². The van der Waals surface area contributed by atoms with Gasteiger partial charge in [-0.3, -0.25) is 4.79 Å². The van der Waals surface area contributed by atoms with Crippen molar-refractivity contribution in [3.05, 3.63) is 27.4 Å². The van der Waals surface area contributed by atoms with E-state index in [1.54, 1.807) is 13.0 Å². The first-order chi connectivity index (χ1) is 10.9. The monoisotopic (exact) mass is 356 g/mol. The molecular weight excluding hydrogens is 339 g/mol. The number of carbonyl (C=O) groups is 1. The molecule has 0 saturated carbocycles. The number of amides is 1. The minimum atomic E-state index is -0.613. The van der Waals surface area contributed by atoms with Crippen LogP contribution in [0.5, 0.6) is 5.75 Å². The molecule has 2 aromatic rings. The van der Waals surface area contributed by atoms with Gasteiger partial charge < -0.3 is 20.1 Å². The first-order valence-electron chi connectivity index (χ1n) is 7.51. The van der Waals surface area contributed by atoms with Gasteiger partial charge in [-0.2, -0.15) is 0 Å². The van der Waals surface area contributed by atoms with Crippen LogP contribution in [0.1, 0.15) is 31.0 Å². The van der Waals surface area contributed by atoms with E-state index in [1.165, 1.54) is 0 Å². The van der Waals surface area contributed by atoms with Gasteiger partial charge >= 0.3 is 0 Å². The fourth-order valence-corrected chi connectivity index (χ4v) is 3.34. The summed E-state index contributed by atoms with van der Waals surface area (Å²) in [6.07, 6.45) is 0.0712. The van der Waals surface area contributed by atoms with E-state index in [9.17, 15) is 9.90 Å². The van der Waals surface area contributed by atoms with Crippen LogP contribution < -0.4 is 10.1 Å². The summed E-state index contributed by atoms with van der Waals surface area (Å²) in [7, 11) is 0. The van der Waals surface area contributed by atoms with E-state index in [1.807, 2.05) is 6.92 Å². The van der Waals surface area contributed by atoms with Gasteiger partial charge in [-0.05, 0) is 19.4 Å². The highest BCUT2D eigenvalue weighted by Crippen LogP contribution is 2.43. The van der Waals surface area contributed by atoms with Crippen LogP contribution in [0.15, 0.2) is 6.07 Å². The summed E-state index contributed by atoms with van der Waals surface area (Å²) in [6.45, 7) is 4.20. The van der Waals surface area contributed by atoms with Crippen LogP contribution in [0.4, 0.5) is 0 Å². The molecule has 0 saturated heterocycles. The van der Waals surface area contributed by atoms with Gasteiger partial charge in [0.1, 0.15) is 12.4 Å². The second kappa shape index (κ2) is 6.23. The van der Waals surface area contributed by atoms with E-state index < -0.39 is 6.10 Å². The van der Waals surface area contributed by atoms with E-state index in [4.69, 9.17) is 27.9 Å². The lowest BCUT2D eigenvalue weighted by atomic mass is 9.96. The Kier molecular flexibility index (Phi) is 4.45. The van der Waals surface area contributed by atoms with Crippen molar-refractivity contribution in [3.8, 4) is 5.75 Å². The fraction of sp³-hybridized carbons (Fsp3) is 0.438. The first kappa shape index (κ1) is 16.4. The number of ether oxygens (including phenoxy) is 1. The molecule has 3 N–H and O–H groups in total. The molecule has 0 unspecified atom stereocenters. The van der Waals surface area contributed by atoms with Crippen molar-refractivity contribution >= 4 is 40.0 Å². The third-order valence-electron chi connectivity index (χ3n) is 4.03. The maximum absolute atomic E-state index is 12.2. The van der Waals surface area contributed by atoms with E-state index in [2.05, 4.69) is 10.3 Å². The largest absolute Gasteiger partial charge is 0.490 e. The zero-order valence-corrected chi connectivity index (χ0v) is 14.4. The number of fused-ring (bicyclic) bond motifs is 3. The van der Waals surface area contributed by atoms with E-state index in [0.717, 1.165) is 16.6 Å². The van der Waals surface area contributed by atoms with Crippen LogP contribution in [0.3, 0.4) is 0 Å². The Morgan fingerprint density at radius 1 is 1.48 bits per heavy atom. The van der Waals surface area contributed by atoms with Crippen molar-refractivity contribution in [2.45, 2.75) is 32.3 Å². The van der Waals surface area contributed by atoms with E-state index >= 15 is 0 Å². The third kappa shape index (κ3) is 2.89. The average Bonchev–Trinajstić information content (AvgIpc) is 2.82. The van der Waals surface area contributed by atoms with E-state index in [0.29, 0.717) is 34.3 Å². The van der Waals surface area contributed by atoms with Crippen molar-refractivity contribution in [1.82, 2.24) is 10.3 Å². The molecule has 0 aliphatic carbocycles. The van der Waals surface area contributed by atoms with Crippen molar-refractivity contribution in [2.75, 3.05) is 13.2 Å². The molecule has 1 aromatic carbocycles. The molecule has 1 aromatic heterocycles. The summed E-state index contributed by atoms with van der Waals surface area (Å²) in [5.41, 5.74) is 2.51. The van der Waals surface area contributed by atoms with E-state index in [-0.39, 0.29) is 18.4 Å². The molecule has 1 aliphatic heterocycles. The normalized spacial score (nSPS) is 19.2. The summed E-state index contributed by atoms with van der Waals surface area (Å²) in [5, 5.41) is 13.9. The molecule has 7 heteroatoms. The molecule has 0 fully saturated rings. The second-order valence-corrected chi connectivity index (χ2v) is 6.65. The number of benzene rings is 1. The minimum Gasteiger partial charge on any atom is -0.490 e. The number of hydrogen-bond acceptors (Lipinski definition) is 3. The average molecular weight is 357 g/mol. The molecule has 23 heavy (non-hydrogen) atoms. The number of aromatic nitrogens is 1. The highest BCUT2D eigenvalue weighted by atomic mass is 35.5. The zero-order chi connectivity index (χ0) is 16.7. The molecule has 1 amide bonds. The van der Waals surface area contributed by atoms with Crippen molar-refractivity contribution < 1.29 is 14.6 Å². The lowest BCUT2D eigenvalue weighted by Crippen LogP contribution is -2.26. The SMILES string of the molecule is C[C@@H](O)COc1cc(Cl)c(Cl)c2[nH]c3c(c12)[C@@H](C)C(=O)NCC3. The van der Waals surface area contributed by atoms with Gasteiger partial charge in [0.25, 0.3) is 0 Å². The number of hydrogen-bond donors (Lipinski definition) is 3. The molecule has 0 bridgehead atoms. The Morgan fingerprint density at radius 2 is 2.22 bits per heavy atom. The maximum Gasteiger partial charge on any atom is 0.227 e. The Labute approximate surface area is 143 Å². The molecule has 3 rings (SSSR count). The number of aliphatic hydroxyl groups excluding tert-OH is 1. The predicted molar refractivity (Wildman–Crippen MR) is 90.6 cm³/mol. The first-order valence-corrected chi connectivity index (χ1v) is 8.26. The summed E-state index contributed by atoms with van der Waals surface area (Å²) >= 11 is 12.5. The maximum atomic E-state index is 12.2. The number of nitrogens with one attached hydrogen (secondary N) is 2. The lowest BCUT2D eigenvalue weighted by molar-refractivity contribution is -0.121. The van der Waals surface area contributed by atoms with Gasteiger partial charge in [-0.15, -0.1) is 0 Å². The Bertz CT molecular complexity index is 771. The number of aromatic amines is 1. The quantitative estimate of drug-likeness (QED) is 0.791. The second-order valence-electron chi connectivity index (χ2n) is 5.86. The molecule has 1 aliphatic rings. The van der Waals surface area contributed by atoms with Gasteiger partial charge in [0, 0.05) is 30.1 Å². The lowest BCUT2D eigenvalue weighted by Gasteiger charge is -2.14. The summed E-state index contributed by atoms with van der Waals surface area (Å²) in [4.78, 5) is 15.5. The molecule has 0 radical (unpaired) electrons. The minimum absolute atomic E-state index is 0.0304. The van der Waals surface area contributed by atoms with Gasteiger partial charge in [0.15, 0.2) is 0 Å². The number of aliphatic hydroxyl groups is 1. The Hall–Kier alpha value is -1.43. The fourth-order valence-electron chi connectivity index (χ4n) is 2.95. The molecule has 2 atom stereocenters. The van der Waals surface area contributed by atoms with Crippen LogP contribution in [0.25, 0.3) is 10.9 Å². The smallest absolute Gasteiger partial charge is 0.227 e. The standard InChI is InChI=1S/C16H18Cl2N2O3/c1-7(21)6-23-11-5-9(17)14(18)15-13(11)12-8(2)16(22)19-4-3-10(12)20-15/h5,7-8,20-21H,3-4,6H2,1-2H3,(H,19,22)/t7-,8-/m1/s1. The summed E-state index contributed by atoms with van der Waals surface area (Å²) < 4.78 is 5.72. The molecular formula is C16H18Cl2N2O3. The van der Waals surface area contributed by atoms with Crippen LogP contribution in [0, 0.1) is 0 Å². The summed E-state index contributed by atoms with van der Waals surface area (Å²) in [6, 6.07) is 1.64. The Morgan fingerprint density at radius 3 is 2.91 bits per heavy atom. The van der Waals surface area contributed by atoms with Crippen molar-refractivity contribution in [3.63, 3.8) is 0 Å². The van der Waals surface area contributed by atoms with Gasteiger partial charge in [0.2, 0.25) is 5.91 Å². The topological polar surface area (TPSA) is 74.3 Å². The Balaban J connectivity index is 2.25. The van der Waals surface area contributed by atoms with Crippen LogP contribution in [-0.4, -0.2) is 35.3 Å². The molecule has 0 spiro atoms. The molecule has 2 heterocycles. The highest BCUT2D eigenvalue weighted by Gasteiger charge is 2.29. The highest BCUT2D eigenvalue weighted by molar-refractivity contribution is 6.45. The van der Waals surface area contributed by atoms with Crippen LogP contribution in [0.2, 0.25) is 10.0 Å². The number of halogens is 2. The summed E-state index contributed by atoms with van der Waals surface area (Å²) in [5.74, 6) is 0.166.